The molecule has 1 unspecified atom stereocenters. The fourth-order valence-electron chi connectivity index (χ4n) is 2.84. The van der Waals surface area contributed by atoms with Crippen molar-refractivity contribution in [2.75, 3.05) is 18.8 Å². The third-order valence-electron chi connectivity index (χ3n) is 4.26. The molecule has 1 aromatic carbocycles. The first-order chi connectivity index (χ1) is 10.3. The normalized spacial score (nSPS) is 26.5. The van der Waals surface area contributed by atoms with Crippen molar-refractivity contribution in [1.82, 2.24) is 4.31 Å². The molecular formula is C14H18FNO4S2. The summed E-state index contributed by atoms with van der Waals surface area (Å²) in [6.07, 6.45) is 1.37. The largest absolute Gasteiger partial charge is 0.228 e. The Bertz CT molecular complexity index is 772. The summed E-state index contributed by atoms with van der Waals surface area (Å²) in [5, 5.41) is -1.34. The van der Waals surface area contributed by atoms with Crippen molar-refractivity contribution in [3.05, 3.63) is 35.6 Å². The van der Waals surface area contributed by atoms with E-state index in [-0.39, 0.29) is 36.1 Å². The lowest BCUT2D eigenvalue weighted by molar-refractivity contribution is 0.426. The maximum atomic E-state index is 13.9. The van der Waals surface area contributed by atoms with E-state index < -0.39 is 30.9 Å². The molecule has 0 aromatic heterocycles. The van der Waals surface area contributed by atoms with E-state index >= 15 is 0 Å². The van der Waals surface area contributed by atoms with Gasteiger partial charge >= 0.3 is 0 Å². The average molecular weight is 347 g/mol. The van der Waals surface area contributed by atoms with Crippen LogP contribution in [0.4, 0.5) is 4.39 Å². The number of nitrogens with zero attached hydrogens (tertiary/aromatic N) is 1. The molecule has 22 heavy (non-hydrogen) atoms. The number of rotatable bonds is 3. The molecule has 1 aliphatic heterocycles. The van der Waals surface area contributed by atoms with Crippen LogP contribution in [0.5, 0.6) is 0 Å². The number of benzene rings is 1. The second-order valence-electron chi connectivity index (χ2n) is 5.81. The number of halogens is 1. The van der Waals surface area contributed by atoms with Crippen LogP contribution in [0.25, 0.3) is 0 Å². The molecule has 0 N–H and O–H groups in total. The van der Waals surface area contributed by atoms with Gasteiger partial charge in [0.1, 0.15) is 5.82 Å². The van der Waals surface area contributed by atoms with Crippen molar-refractivity contribution in [3.8, 4) is 0 Å². The monoisotopic (exact) mass is 347 g/mol. The number of sulfonamides is 1. The van der Waals surface area contributed by atoms with Crippen LogP contribution in [0.15, 0.2) is 24.3 Å². The molecule has 0 radical (unpaired) electrons. The van der Waals surface area contributed by atoms with Crippen molar-refractivity contribution in [1.29, 1.82) is 0 Å². The molecule has 0 amide bonds. The highest BCUT2D eigenvalue weighted by Crippen LogP contribution is 2.35. The maximum Gasteiger partial charge on any atom is 0.217 e. The van der Waals surface area contributed by atoms with Gasteiger partial charge in [-0.15, -0.1) is 0 Å². The smallest absolute Gasteiger partial charge is 0.217 e. The Morgan fingerprint density at radius 3 is 2.41 bits per heavy atom. The lowest BCUT2D eigenvalue weighted by Gasteiger charge is -2.19. The topological polar surface area (TPSA) is 71.5 Å². The molecule has 5 nitrogen and oxygen atoms in total. The quantitative estimate of drug-likeness (QED) is 0.830. The fraction of sp³-hybridized carbons (Fsp3) is 0.571. The fourth-order valence-corrected chi connectivity index (χ4v) is 6.62. The van der Waals surface area contributed by atoms with Crippen LogP contribution in [-0.4, -0.2) is 45.2 Å². The Kier molecular flexibility index (Phi) is 4.03. The summed E-state index contributed by atoms with van der Waals surface area (Å²) >= 11 is 0. The van der Waals surface area contributed by atoms with Gasteiger partial charge < -0.3 is 0 Å². The summed E-state index contributed by atoms with van der Waals surface area (Å²) in [7, 11) is -6.98. The first-order valence-corrected chi connectivity index (χ1v) is 10.5. The molecule has 1 aliphatic carbocycles. The van der Waals surface area contributed by atoms with Crippen molar-refractivity contribution < 1.29 is 21.2 Å². The van der Waals surface area contributed by atoms with Gasteiger partial charge in [-0.2, -0.15) is 0 Å². The molecule has 1 heterocycles. The van der Waals surface area contributed by atoms with E-state index in [1.807, 2.05) is 0 Å². The summed E-state index contributed by atoms with van der Waals surface area (Å²) in [6, 6.07) is 5.79. The van der Waals surface area contributed by atoms with Crippen LogP contribution in [-0.2, 0) is 19.9 Å². The van der Waals surface area contributed by atoms with E-state index in [4.69, 9.17) is 0 Å². The predicted molar refractivity (Wildman–Crippen MR) is 81.1 cm³/mol. The Morgan fingerprint density at radius 2 is 1.77 bits per heavy atom. The molecule has 1 aromatic rings. The van der Waals surface area contributed by atoms with Crippen molar-refractivity contribution >= 4 is 19.9 Å². The van der Waals surface area contributed by atoms with Crippen LogP contribution < -0.4 is 0 Å². The summed E-state index contributed by atoms with van der Waals surface area (Å²) in [4.78, 5) is 0. The zero-order chi connectivity index (χ0) is 16.0. The van der Waals surface area contributed by atoms with Crippen molar-refractivity contribution in [2.45, 2.75) is 29.8 Å². The lowest BCUT2D eigenvalue weighted by Crippen LogP contribution is -2.36. The van der Waals surface area contributed by atoms with Crippen molar-refractivity contribution in [3.63, 3.8) is 0 Å². The van der Waals surface area contributed by atoms with Crippen LogP contribution >= 0.6 is 0 Å². The van der Waals surface area contributed by atoms with Gasteiger partial charge in [-0.1, -0.05) is 18.2 Å². The van der Waals surface area contributed by atoms with Crippen LogP contribution in [0.2, 0.25) is 0 Å². The van der Waals surface area contributed by atoms with E-state index in [9.17, 15) is 21.2 Å². The second-order valence-corrected chi connectivity index (χ2v) is 10.3. The summed E-state index contributed by atoms with van der Waals surface area (Å²) in [5.41, 5.74) is 0.133. The molecule has 2 fully saturated rings. The SMILES string of the molecule is O=S1(=O)CCN(S(=O)(=O)C2CC2)CCC1c1ccccc1F. The lowest BCUT2D eigenvalue weighted by atomic mass is 10.1. The molecule has 2 aliphatic rings. The maximum absolute atomic E-state index is 13.9. The average Bonchev–Trinajstić information content (AvgIpc) is 3.27. The highest BCUT2D eigenvalue weighted by Gasteiger charge is 2.43. The van der Waals surface area contributed by atoms with Gasteiger partial charge in [-0.25, -0.2) is 25.5 Å². The van der Waals surface area contributed by atoms with Crippen LogP contribution in [0.1, 0.15) is 30.1 Å². The molecule has 1 saturated carbocycles. The zero-order valence-electron chi connectivity index (χ0n) is 12.0. The molecular weight excluding hydrogens is 329 g/mol. The number of sulfone groups is 1. The highest BCUT2D eigenvalue weighted by atomic mass is 32.2. The molecule has 1 saturated heterocycles. The third kappa shape index (κ3) is 2.91. The van der Waals surface area contributed by atoms with Gasteiger partial charge in [0.25, 0.3) is 0 Å². The Morgan fingerprint density at radius 1 is 1.09 bits per heavy atom. The van der Waals surface area contributed by atoms with Gasteiger partial charge in [0.05, 0.1) is 16.3 Å². The minimum absolute atomic E-state index is 0.0356. The van der Waals surface area contributed by atoms with Gasteiger partial charge in [-0.3, -0.25) is 0 Å². The van der Waals surface area contributed by atoms with Gasteiger partial charge in [0, 0.05) is 18.7 Å². The molecule has 3 rings (SSSR count). The van der Waals surface area contributed by atoms with Crippen LogP contribution in [0.3, 0.4) is 0 Å². The van der Waals surface area contributed by atoms with E-state index in [0.29, 0.717) is 12.8 Å². The summed E-state index contributed by atoms with van der Waals surface area (Å²) in [5.74, 6) is -0.827. The molecule has 0 bridgehead atoms. The third-order valence-corrected chi connectivity index (χ3v) is 8.76. The number of hydrogen-bond donors (Lipinski definition) is 0. The standard InChI is InChI=1S/C14H18FNO4S2/c15-13-4-2-1-3-12(13)14-7-8-16(9-10-21(14,17)18)22(19,20)11-5-6-11/h1-4,11,14H,5-10H2. The second kappa shape index (κ2) is 5.58. The van der Waals surface area contributed by atoms with E-state index in [0.717, 1.165) is 0 Å². The predicted octanol–water partition coefficient (Wildman–Crippen LogP) is 1.48. The van der Waals surface area contributed by atoms with Crippen LogP contribution in [0, 0.1) is 5.82 Å². The summed E-state index contributed by atoms with van der Waals surface area (Å²) in [6.45, 7) is 0.0865. The Hall–Kier alpha value is -0.990. The minimum atomic E-state index is -3.58. The van der Waals surface area contributed by atoms with Gasteiger partial charge in [0.2, 0.25) is 10.0 Å². The molecule has 0 spiro atoms. The van der Waals surface area contributed by atoms with E-state index in [1.165, 1.54) is 22.5 Å². The Balaban J connectivity index is 1.89. The number of hydrogen-bond acceptors (Lipinski definition) is 4. The first kappa shape index (κ1) is 15.9. The molecule has 122 valence electrons. The Labute approximate surface area is 130 Å². The zero-order valence-corrected chi connectivity index (χ0v) is 13.6. The first-order valence-electron chi connectivity index (χ1n) is 7.27. The highest BCUT2D eigenvalue weighted by molar-refractivity contribution is 7.92. The summed E-state index contributed by atoms with van der Waals surface area (Å²) < 4.78 is 64.6. The van der Waals surface area contributed by atoms with Crippen molar-refractivity contribution in [2.24, 2.45) is 0 Å². The van der Waals surface area contributed by atoms with Gasteiger partial charge in [-0.05, 0) is 25.3 Å². The molecule has 8 heteroatoms. The molecule has 1 atom stereocenters. The van der Waals surface area contributed by atoms with E-state index in [2.05, 4.69) is 0 Å². The van der Waals surface area contributed by atoms with E-state index in [1.54, 1.807) is 6.07 Å². The minimum Gasteiger partial charge on any atom is -0.228 e. The van der Waals surface area contributed by atoms with Gasteiger partial charge in [0.15, 0.2) is 9.84 Å².